The van der Waals surface area contributed by atoms with Crippen LogP contribution < -0.4 is 11.1 Å². The van der Waals surface area contributed by atoms with Gasteiger partial charge >= 0.3 is 0 Å². The summed E-state index contributed by atoms with van der Waals surface area (Å²) in [4.78, 5) is 26.4. The van der Waals surface area contributed by atoms with E-state index in [9.17, 15) is 9.59 Å². The summed E-state index contributed by atoms with van der Waals surface area (Å²) in [5, 5.41) is 14.2. The zero-order valence-electron chi connectivity index (χ0n) is 15.3. The van der Waals surface area contributed by atoms with E-state index in [4.69, 9.17) is 5.73 Å². The number of H-pyrrole nitrogens is 1. The molecule has 2 amide bonds. The molecular weight excluding hydrogens is 346 g/mol. The van der Waals surface area contributed by atoms with Gasteiger partial charge in [-0.2, -0.15) is 10.2 Å². The molecular formula is C18H25N7O2. The van der Waals surface area contributed by atoms with Crippen molar-refractivity contribution >= 4 is 17.6 Å². The van der Waals surface area contributed by atoms with Crippen LogP contribution in [0.15, 0.2) is 12.1 Å². The van der Waals surface area contributed by atoms with Crippen LogP contribution in [-0.4, -0.2) is 49.3 Å². The maximum atomic E-state index is 12.5. The number of nitrogen functional groups attached to an aromatic ring is 1. The summed E-state index contributed by atoms with van der Waals surface area (Å²) in [6.07, 6.45) is 5.66. The molecule has 144 valence electrons. The molecule has 2 aromatic heterocycles. The van der Waals surface area contributed by atoms with Gasteiger partial charge in [0.15, 0.2) is 0 Å². The molecule has 4 rings (SSSR count). The highest BCUT2D eigenvalue weighted by atomic mass is 16.2. The Labute approximate surface area is 157 Å². The summed E-state index contributed by atoms with van der Waals surface area (Å²) in [6, 6.07) is 3.88. The van der Waals surface area contributed by atoms with Crippen molar-refractivity contribution in [3.05, 3.63) is 29.2 Å². The Morgan fingerprint density at radius 1 is 1.26 bits per heavy atom. The summed E-state index contributed by atoms with van der Waals surface area (Å²) >= 11 is 0. The Hall–Kier alpha value is -2.84. The molecule has 27 heavy (non-hydrogen) atoms. The van der Waals surface area contributed by atoms with Gasteiger partial charge in [-0.05, 0) is 18.9 Å². The van der Waals surface area contributed by atoms with Crippen molar-refractivity contribution < 1.29 is 9.59 Å². The molecule has 0 radical (unpaired) electrons. The highest BCUT2D eigenvalue weighted by molar-refractivity contribution is 5.93. The Kier molecular flexibility index (Phi) is 4.83. The Balaban J connectivity index is 1.33. The summed E-state index contributed by atoms with van der Waals surface area (Å²) in [7, 11) is 0. The molecule has 0 bridgehead atoms. The maximum Gasteiger partial charge on any atom is 0.272 e. The first-order chi connectivity index (χ1) is 13.1. The third-order valence-electron chi connectivity index (χ3n) is 5.29. The molecule has 2 aromatic rings. The number of amides is 2. The van der Waals surface area contributed by atoms with E-state index < -0.39 is 0 Å². The van der Waals surface area contributed by atoms with E-state index in [1.54, 1.807) is 11.0 Å². The second-order valence-electron chi connectivity index (χ2n) is 7.33. The van der Waals surface area contributed by atoms with Crippen LogP contribution in [0, 0.1) is 0 Å². The summed E-state index contributed by atoms with van der Waals surface area (Å²) in [5.41, 5.74) is 7.84. The lowest BCUT2D eigenvalue weighted by Gasteiger charge is -2.27. The molecule has 1 aliphatic heterocycles. The van der Waals surface area contributed by atoms with Gasteiger partial charge in [-0.1, -0.05) is 12.8 Å². The van der Waals surface area contributed by atoms with Gasteiger partial charge in [0, 0.05) is 31.5 Å². The standard InChI is InChI=1S/C18H25N7O2/c19-16-10-15(21-22-16)18(27)24-7-8-25-14(11-24)9-13(23-25)5-6-17(26)20-12-3-1-2-4-12/h9-10,12H,1-8,11H2,(H,20,26)(H3,19,21,22). The molecule has 0 aromatic carbocycles. The van der Waals surface area contributed by atoms with E-state index in [0.29, 0.717) is 50.0 Å². The topological polar surface area (TPSA) is 122 Å². The van der Waals surface area contributed by atoms with Crippen LogP contribution in [0.25, 0.3) is 0 Å². The number of nitrogens with zero attached hydrogens (tertiary/aromatic N) is 4. The van der Waals surface area contributed by atoms with Crippen LogP contribution in [-0.2, 0) is 24.3 Å². The number of hydrogen-bond acceptors (Lipinski definition) is 5. The highest BCUT2D eigenvalue weighted by Gasteiger charge is 2.24. The average molecular weight is 371 g/mol. The summed E-state index contributed by atoms with van der Waals surface area (Å²) in [5.74, 6) is 0.282. The van der Waals surface area contributed by atoms with Crippen molar-refractivity contribution in [1.29, 1.82) is 0 Å². The number of carbonyl (C=O) groups excluding carboxylic acids is 2. The minimum atomic E-state index is -0.121. The second kappa shape index (κ2) is 7.42. The van der Waals surface area contributed by atoms with E-state index in [-0.39, 0.29) is 11.8 Å². The van der Waals surface area contributed by atoms with E-state index in [0.717, 1.165) is 24.2 Å². The average Bonchev–Trinajstić information content (AvgIpc) is 3.39. The van der Waals surface area contributed by atoms with E-state index in [2.05, 4.69) is 20.6 Å². The molecule has 1 fully saturated rings. The molecule has 1 aliphatic carbocycles. The van der Waals surface area contributed by atoms with Crippen molar-refractivity contribution in [2.24, 2.45) is 0 Å². The first-order valence-corrected chi connectivity index (χ1v) is 9.53. The lowest BCUT2D eigenvalue weighted by Crippen LogP contribution is -2.38. The number of fused-ring (bicyclic) bond motifs is 1. The third-order valence-corrected chi connectivity index (χ3v) is 5.29. The molecule has 0 atom stereocenters. The number of aromatic nitrogens is 4. The van der Waals surface area contributed by atoms with Gasteiger partial charge in [-0.3, -0.25) is 19.4 Å². The van der Waals surface area contributed by atoms with Crippen molar-refractivity contribution in [3.63, 3.8) is 0 Å². The Morgan fingerprint density at radius 2 is 2.07 bits per heavy atom. The van der Waals surface area contributed by atoms with Crippen LogP contribution >= 0.6 is 0 Å². The number of aromatic amines is 1. The lowest BCUT2D eigenvalue weighted by atomic mass is 10.2. The smallest absolute Gasteiger partial charge is 0.272 e. The second-order valence-corrected chi connectivity index (χ2v) is 7.33. The van der Waals surface area contributed by atoms with Gasteiger partial charge in [0.25, 0.3) is 5.91 Å². The first kappa shape index (κ1) is 17.6. The summed E-state index contributed by atoms with van der Waals surface area (Å²) < 4.78 is 1.93. The van der Waals surface area contributed by atoms with Crippen LogP contribution in [0.2, 0.25) is 0 Å². The Morgan fingerprint density at radius 3 is 2.81 bits per heavy atom. The normalized spacial score (nSPS) is 17.1. The molecule has 0 spiro atoms. The number of hydrogen-bond donors (Lipinski definition) is 3. The minimum Gasteiger partial charge on any atom is -0.382 e. The third kappa shape index (κ3) is 3.96. The number of anilines is 1. The fourth-order valence-electron chi connectivity index (χ4n) is 3.85. The molecule has 0 unspecified atom stereocenters. The molecule has 1 saturated carbocycles. The quantitative estimate of drug-likeness (QED) is 0.719. The molecule has 3 heterocycles. The largest absolute Gasteiger partial charge is 0.382 e. The first-order valence-electron chi connectivity index (χ1n) is 9.53. The molecule has 9 heteroatoms. The number of carbonyl (C=O) groups is 2. The Bertz CT molecular complexity index is 835. The maximum absolute atomic E-state index is 12.5. The number of nitrogens with two attached hydrogens (primary N) is 1. The fraction of sp³-hybridized carbons (Fsp3) is 0.556. The van der Waals surface area contributed by atoms with Crippen LogP contribution in [0.5, 0.6) is 0 Å². The molecule has 2 aliphatic rings. The van der Waals surface area contributed by atoms with Crippen molar-refractivity contribution in [1.82, 2.24) is 30.2 Å². The fourth-order valence-corrected chi connectivity index (χ4v) is 3.85. The zero-order chi connectivity index (χ0) is 18.8. The molecule has 9 nitrogen and oxygen atoms in total. The van der Waals surface area contributed by atoms with E-state index in [1.807, 2.05) is 10.7 Å². The van der Waals surface area contributed by atoms with Crippen molar-refractivity contribution in [2.45, 2.75) is 57.7 Å². The SMILES string of the molecule is Nc1cc(C(=O)N2CCn3nc(CCC(=O)NC4CCCC4)cc3C2)[nH]n1. The van der Waals surface area contributed by atoms with Crippen LogP contribution in [0.1, 0.15) is 54.0 Å². The van der Waals surface area contributed by atoms with Crippen molar-refractivity contribution in [3.8, 4) is 0 Å². The zero-order valence-corrected chi connectivity index (χ0v) is 15.3. The monoisotopic (exact) mass is 371 g/mol. The van der Waals surface area contributed by atoms with E-state index in [1.165, 1.54) is 12.8 Å². The van der Waals surface area contributed by atoms with Gasteiger partial charge in [-0.25, -0.2) is 0 Å². The predicted octanol–water partition coefficient (Wildman–Crippen LogP) is 0.836. The van der Waals surface area contributed by atoms with Crippen LogP contribution in [0.3, 0.4) is 0 Å². The molecule has 0 saturated heterocycles. The van der Waals surface area contributed by atoms with E-state index >= 15 is 0 Å². The van der Waals surface area contributed by atoms with Crippen molar-refractivity contribution in [2.75, 3.05) is 12.3 Å². The number of aryl methyl sites for hydroxylation is 1. The molecule has 4 N–H and O–H groups in total. The van der Waals surface area contributed by atoms with Gasteiger partial charge in [0.05, 0.1) is 24.5 Å². The predicted molar refractivity (Wildman–Crippen MR) is 98.7 cm³/mol. The van der Waals surface area contributed by atoms with Gasteiger partial charge in [0.2, 0.25) is 5.91 Å². The van der Waals surface area contributed by atoms with Gasteiger partial charge in [-0.15, -0.1) is 0 Å². The number of rotatable bonds is 5. The van der Waals surface area contributed by atoms with Gasteiger partial charge < -0.3 is 16.0 Å². The van der Waals surface area contributed by atoms with Crippen LogP contribution in [0.4, 0.5) is 5.82 Å². The van der Waals surface area contributed by atoms with Gasteiger partial charge in [0.1, 0.15) is 11.5 Å². The summed E-state index contributed by atoms with van der Waals surface area (Å²) in [6.45, 7) is 1.70. The minimum absolute atomic E-state index is 0.0986. The number of nitrogens with one attached hydrogen (secondary N) is 2. The lowest BCUT2D eigenvalue weighted by molar-refractivity contribution is -0.121. The highest BCUT2D eigenvalue weighted by Crippen LogP contribution is 2.19.